The number of nitrogens with one attached hydrogen (secondary N) is 2. The Morgan fingerprint density at radius 2 is 2.00 bits per heavy atom. The van der Waals surface area contributed by atoms with Gasteiger partial charge >= 0.3 is 0 Å². The van der Waals surface area contributed by atoms with E-state index in [2.05, 4.69) is 10.6 Å². The van der Waals surface area contributed by atoms with E-state index in [1.54, 1.807) is 24.3 Å². The third-order valence-electron chi connectivity index (χ3n) is 4.64. The first-order chi connectivity index (χ1) is 13.6. The van der Waals surface area contributed by atoms with E-state index in [0.717, 1.165) is 29.5 Å². The Hall–Kier alpha value is -2.41. The van der Waals surface area contributed by atoms with Gasteiger partial charge in [0.1, 0.15) is 4.88 Å². The van der Waals surface area contributed by atoms with Gasteiger partial charge in [-0.2, -0.15) is 0 Å². The highest BCUT2D eigenvalue weighted by molar-refractivity contribution is 7.21. The molecule has 1 unspecified atom stereocenters. The smallest absolute Gasteiger partial charge is 0.267 e. The molecule has 0 saturated carbocycles. The van der Waals surface area contributed by atoms with E-state index in [1.165, 1.54) is 11.3 Å². The molecule has 0 spiro atoms. The summed E-state index contributed by atoms with van der Waals surface area (Å²) in [7, 11) is 0. The summed E-state index contributed by atoms with van der Waals surface area (Å²) in [5.74, 6) is -0.477. The lowest BCUT2D eigenvalue weighted by Crippen LogP contribution is -2.31. The number of hydrogen-bond donors (Lipinski definition) is 2. The second-order valence-corrected chi connectivity index (χ2v) is 8.05. The number of anilines is 1. The Kier molecular flexibility index (Phi) is 5.62. The van der Waals surface area contributed by atoms with Crippen LogP contribution in [0.3, 0.4) is 0 Å². The van der Waals surface area contributed by atoms with Crippen LogP contribution in [0.5, 0.6) is 0 Å². The normalized spacial score (nSPS) is 16.2. The molecule has 28 heavy (non-hydrogen) atoms. The molecule has 1 aromatic heterocycles. The van der Waals surface area contributed by atoms with Crippen molar-refractivity contribution in [3.63, 3.8) is 0 Å². The van der Waals surface area contributed by atoms with Crippen molar-refractivity contribution < 1.29 is 14.3 Å². The van der Waals surface area contributed by atoms with Crippen molar-refractivity contribution in [2.45, 2.75) is 18.9 Å². The summed E-state index contributed by atoms with van der Waals surface area (Å²) in [4.78, 5) is 25.5. The number of ether oxygens (including phenoxy) is 1. The van der Waals surface area contributed by atoms with Crippen LogP contribution in [0.1, 0.15) is 32.9 Å². The maximum atomic E-state index is 12.7. The molecule has 5 nitrogen and oxygen atoms in total. The minimum absolute atomic E-state index is 0.0851. The number of fused-ring (bicyclic) bond motifs is 1. The van der Waals surface area contributed by atoms with Crippen molar-refractivity contribution in [2.24, 2.45) is 0 Å². The first-order valence-corrected chi connectivity index (χ1v) is 10.3. The summed E-state index contributed by atoms with van der Waals surface area (Å²) >= 11 is 7.72. The molecule has 7 heteroatoms. The summed E-state index contributed by atoms with van der Waals surface area (Å²) in [5.41, 5.74) is 1.03. The highest BCUT2D eigenvalue weighted by Gasteiger charge is 2.19. The van der Waals surface area contributed by atoms with Crippen LogP contribution in [-0.4, -0.2) is 31.1 Å². The molecule has 0 radical (unpaired) electrons. The number of amides is 2. The third-order valence-corrected chi connectivity index (χ3v) is 6.31. The van der Waals surface area contributed by atoms with E-state index in [9.17, 15) is 9.59 Å². The van der Waals surface area contributed by atoms with Gasteiger partial charge in [0.25, 0.3) is 11.8 Å². The summed E-state index contributed by atoms with van der Waals surface area (Å²) < 4.78 is 6.48. The Bertz CT molecular complexity index is 1030. The van der Waals surface area contributed by atoms with Crippen molar-refractivity contribution >= 4 is 50.5 Å². The van der Waals surface area contributed by atoms with Gasteiger partial charge in [0.05, 0.1) is 11.1 Å². The van der Waals surface area contributed by atoms with E-state index < -0.39 is 0 Å². The predicted octanol–water partition coefficient (Wildman–Crippen LogP) is 4.72. The number of benzene rings is 2. The largest absolute Gasteiger partial charge is 0.376 e. The Morgan fingerprint density at radius 3 is 2.79 bits per heavy atom. The number of carbonyl (C=O) groups excluding carboxylic acids is 2. The van der Waals surface area contributed by atoms with Crippen molar-refractivity contribution in [1.29, 1.82) is 0 Å². The molecule has 0 bridgehead atoms. The van der Waals surface area contributed by atoms with Crippen LogP contribution in [0.25, 0.3) is 10.1 Å². The quantitative estimate of drug-likeness (QED) is 0.635. The summed E-state index contributed by atoms with van der Waals surface area (Å²) in [6.07, 6.45) is 2.08. The lowest BCUT2D eigenvalue weighted by atomic mass is 10.1. The first kappa shape index (κ1) is 18.9. The fourth-order valence-electron chi connectivity index (χ4n) is 3.20. The van der Waals surface area contributed by atoms with E-state index >= 15 is 0 Å². The van der Waals surface area contributed by atoms with Crippen LogP contribution >= 0.6 is 22.9 Å². The van der Waals surface area contributed by atoms with Gasteiger partial charge < -0.3 is 15.4 Å². The highest BCUT2D eigenvalue weighted by Crippen LogP contribution is 2.35. The van der Waals surface area contributed by atoms with Crippen LogP contribution < -0.4 is 10.6 Å². The zero-order valence-electron chi connectivity index (χ0n) is 15.0. The van der Waals surface area contributed by atoms with Gasteiger partial charge in [-0.3, -0.25) is 9.59 Å². The van der Waals surface area contributed by atoms with E-state index in [1.807, 2.05) is 24.3 Å². The standard InChI is InChI=1S/C21H19ClN2O3S/c22-18-16-8-1-2-9-17(16)28-19(18)21(26)24-14-6-3-5-13(11-14)20(25)23-12-15-7-4-10-27-15/h1-3,5-6,8-9,11,15H,4,7,10,12H2,(H,23,25)(H,24,26). The second-order valence-electron chi connectivity index (χ2n) is 6.62. The molecule has 0 aliphatic carbocycles. The molecule has 2 N–H and O–H groups in total. The van der Waals surface area contributed by atoms with E-state index in [4.69, 9.17) is 16.3 Å². The van der Waals surface area contributed by atoms with Gasteiger partial charge in [0.2, 0.25) is 0 Å². The summed E-state index contributed by atoms with van der Waals surface area (Å²) in [6, 6.07) is 14.5. The van der Waals surface area contributed by atoms with Crippen LogP contribution in [0, 0.1) is 0 Å². The van der Waals surface area contributed by atoms with Crippen molar-refractivity contribution in [3.05, 3.63) is 64.0 Å². The predicted molar refractivity (Wildman–Crippen MR) is 113 cm³/mol. The minimum atomic E-state index is -0.289. The summed E-state index contributed by atoms with van der Waals surface area (Å²) in [6.45, 7) is 1.25. The molecule has 2 amide bonds. The molecule has 1 aliphatic heterocycles. The van der Waals surface area contributed by atoms with Gasteiger partial charge in [0, 0.05) is 34.5 Å². The molecule has 144 valence electrons. The maximum Gasteiger partial charge on any atom is 0.267 e. The average molecular weight is 415 g/mol. The monoisotopic (exact) mass is 414 g/mol. The Labute approximate surface area is 171 Å². The lowest BCUT2D eigenvalue weighted by molar-refractivity contribution is 0.0857. The molecule has 1 aliphatic rings. The molecular weight excluding hydrogens is 396 g/mol. The third kappa shape index (κ3) is 4.04. The van der Waals surface area contributed by atoms with E-state index in [-0.39, 0.29) is 17.9 Å². The molecule has 1 atom stereocenters. The highest BCUT2D eigenvalue weighted by atomic mass is 35.5. The number of rotatable bonds is 5. The molecule has 2 aromatic carbocycles. The van der Waals surface area contributed by atoms with Crippen LogP contribution in [0.2, 0.25) is 5.02 Å². The summed E-state index contributed by atoms with van der Waals surface area (Å²) in [5, 5.41) is 7.03. The van der Waals surface area contributed by atoms with Crippen molar-refractivity contribution in [3.8, 4) is 0 Å². The fraction of sp³-hybridized carbons (Fsp3) is 0.238. The number of hydrogen-bond acceptors (Lipinski definition) is 4. The van der Waals surface area contributed by atoms with E-state index in [0.29, 0.717) is 27.7 Å². The molecule has 1 fully saturated rings. The van der Waals surface area contributed by atoms with Crippen LogP contribution in [0.4, 0.5) is 5.69 Å². The maximum absolute atomic E-state index is 12.7. The number of halogens is 1. The van der Waals surface area contributed by atoms with Crippen LogP contribution in [-0.2, 0) is 4.74 Å². The topological polar surface area (TPSA) is 67.4 Å². The Balaban J connectivity index is 1.45. The van der Waals surface area contributed by atoms with Gasteiger partial charge in [-0.25, -0.2) is 0 Å². The SMILES string of the molecule is O=C(NCC1CCCO1)c1cccc(NC(=O)c2sc3ccccc3c2Cl)c1. The van der Waals surface area contributed by atoms with Crippen molar-refractivity contribution in [1.82, 2.24) is 5.32 Å². The van der Waals surface area contributed by atoms with Crippen LogP contribution in [0.15, 0.2) is 48.5 Å². The first-order valence-electron chi connectivity index (χ1n) is 9.10. The molecular formula is C21H19ClN2O3S. The molecule has 1 saturated heterocycles. The molecule has 3 aromatic rings. The lowest BCUT2D eigenvalue weighted by Gasteiger charge is -2.11. The minimum Gasteiger partial charge on any atom is -0.376 e. The zero-order chi connectivity index (χ0) is 19.5. The van der Waals surface area contributed by atoms with Gasteiger partial charge in [-0.1, -0.05) is 35.9 Å². The zero-order valence-corrected chi connectivity index (χ0v) is 16.6. The fourth-order valence-corrected chi connectivity index (χ4v) is 4.61. The molecule has 4 rings (SSSR count). The number of carbonyl (C=O) groups is 2. The number of thiophene rings is 1. The van der Waals surface area contributed by atoms with Gasteiger partial charge in [-0.15, -0.1) is 11.3 Å². The van der Waals surface area contributed by atoms with Gasteiger partial charge in [-0.05, 0) is 37.1 Å². The Morgan fingerprint density at radius 1 is 1.14 bits per heavy atom. The van der Waals surface area contributed by atoms with Crippen molar-refractivity contribution in [2.75, 3.05) is 18.5 Å². The van der Waals surface area contributed by atoms with Gasteiger partial charge in [0.15, 0.2) is 0 Å². The second kappa shape index (κ2) is 8.31. The molecule has 2 heterocycles. The average Bonchev–Trinajstić information content (AvgIpc) is 3.35.